The van der Waals surface area contributed by atoms with Gasteiger partial charge in [-0.3, -0.25) is 9.78 Å². The summed E-state index contributed by atoms with van der Waals surface area (Å²) in [6.45, 7) is 0. The molecule has 0 radical (unpaired) electrons. The van der Waals surface area contributed by atoms with E-state index in [1.54, 1.807) is 24.4 Å². The molecule has 0 saturated carbocycles. The predicted molar refractivity (Wildman–Crippen MR) is 48.6 cm³/mol. The lowest BCUT2D eigenvalue weighted by molar-refractivity contribution is -0.136. The van der Waals surface area contributed by atoms with Crippen molar-refractivity contribution < 1.29 is 9.90 Å². The normalized spacial score (nSPS) is 12.5. The van der Waals surface area contributed by atoms with Gasteiger partial charge in [0.25, 0.3) is 0 Å². The number of carboxylic acid groups (broad SMARTS) is 1. The molecule has 11 heavy (non-hydrogen) atoms. The van der Waals surface area contributed by atoms with Crippen LogP contribution in [0.4, 0.5) is 0 Å². The fourth-order valence-corrected chi connectivity index (χ4v) is 1.02. The van der Waals surface area contributed by atoms with E-state index < -0.39 is 9.89 Å². The van der Waals surface area contributed by atoms with E-state index in [1.807, 2.05) is 22.6 Å². The summed E-state index contributed by atoms with van der Waals surface area (Å²) in [4.78, 5) is 14.4. The number of rotatable bonds is 2. The summed E-state index contributed by atoms with van der Waals surface area (Å²) in [7, 11) is 0. The fraction of sp³-hybridized carbons (Fsp3) is 0.143. The zero-order valence-corrected chi connectivity index (χ0v) is 7.72. The van der Waals surface area contributed by atoms with E-state index in [-0.39, 0.29) is 0 Å². The van der Waals surface area contributed by atoms with E-state index in [0.29, 0.717) is 5.69 Å². The lowest BCUT2D eigenvalue weighted by Gasteiger charge is -2.01. The summed E-state index contributed by atoms with van der Waals surface area (Å²) in [5.74, 6) is -0.857. The van der Waals surface area contributed by atoms with Crippen LogP contribution in [0.2, 0.25) is 0 Å². The van der Waals surface area contributed by atoms with Crippen LogP contribution in [0, 0.1) is 0 Å². The molecule has 58 valence electrons. The Morgan fingerprint density at radius 2 is 2.36 bits per heavy atom. The molecule has 1 atom stereocenters. The number of carbonyl (C=O) groups is 1. The van der Waals surface area contributed by atoms with Crippen molar-refractivity contribution >= 4 is 28.6 Å². The number of aromatic nitrogens is 1. The molecule has 0 spiro atoms. The second-order valence-electron chi connectivity index (χ2n) is 1.96. The second-order valence-corrected chi connectivity index (χ2v) is 3.20. The van der Waals surface area contributed by atoms with Crippen molar-refractivity contribution in [2.45, 2.75) is 3.92 Å². The van der Waals surface area contributed by atoms with Gasteiger partial charge in [-0.05, 0) is 12.1 Å². The van der Waals surface area contributed by atoms with Crippen LogP contribution in [-0.4, -0.2) is 16.1 Å². The Labute approximate surface area is 77.6 Å². The molecule has 1 heterocycles. The van der Waals surface area contributed by atoms with Gasteiger partial charge in [0.2, 0.25) is 0 Å². The van der Waals surface area contributed by atoms with Crippen LogP contribution in [0.5, 0.6) is 0 Å². The van der Waals surface area contributed by atoms with Gasteiger partial charge in [0, 0.05) is 6.20 Å². The maximum Gasteiger partial charge on any atom is 0.322 e. The summed E-state index contributed by atoms with van der Waals surface area (Å²) in [5, 5.41) is 8.59. The number of halogens is 1. The third-order valence-corrected chi connectivity index (χ3v) is 2.34. The number of hydrogen-bond donors (Lipinski definition) is 1. The molecule has 0 bridgehead atoms. The average molecular weight is 263 g/mol. The standard InChI is InChI=1S/C7H6INO2/c8-6(7(10)11)5-3-1-2-4-9-5/h1-4,6H,(H,10,11). The third-order valence-electron chi connectivity index (χ3n) is 1.16. The zero-order valence-electron chi connectivity index (χ0n) is 5.57. The van der Waals surface area contributed by atoms with Crippen molar-refractivity contribution in [3.8, 4) is 0 Å². The van der Waals surface area contributed by atoms with Crippen LogP contribution in [0.3, 0.4) is 0 Å². The highest BCUT2D eigenvalue weighted by Crippen LogP contribution is 2.20. The Bertz CT molecular complexity index is 250. The molecule has 4 heteroatoms. The maximum atomic E-state index is 10.5. The van der Waals surface area contributed by atoms with E-state index in [9.17, 15) is 4.79 Å². The van der Waals surface area contributed by atoms with Crippen LogP contribution in [-0.2, 0) is 4.79 Å². The third kappa shape index (κ3) is 2.14. The summed E-state index contributed by atoms with van der Waals surface area (Å²) < 4.78 is -0.547. The molecule has 1 aromatic heterocycles. The van der Waals surface area contributed by atoms with Crippen LogP contribution < -0.4 is 0 Å². The van der Waals surface area contributed by atoms with Crippen LogP contribution >= 0.6 is 22.6 Å². The highest BCUT2D eigenvalue weighted by atomic mass is 127. The number of nitrogens with zero attached hydrogens (tertiary/aromatic N) is 1. The first-order valence-corrected chi connectivity index (χ1v) is 4.24. The topological polar surface area (TPSA) is 50.2 Å². The molecule has 0 aliphatic carbocycles. The number of alkyl halides is 1. The minimum absolute atomic E-state index is 0.547. The van der Waals surface area contributed by atoms with Crippen molar-refractivity contribution in [2.24, 2.45) is 0 Å². The lowest BCUT2D eigenvalue weighted by atomic mass is 10.3. The monoisotopic (exact) mass is 263 g/mol. The number of hydrogen-bond acceptors (Lipinski definition) is 2. The minimum Gasteiger partial charge on any atom is -0.480 e. The highest BCUT2D eigenvalue weighted by molar-refractivity contribution is 14.1. The maximum absolute atomic E-state index is 10.5. The first-order chi connectivity index (χ1) is 5.22. The Balaban J connectivity index is 2.85. The molecular formula is C7H6INO2. The van der Waals surface area contributed by atoms with E-state index in [4.69, 9.17) is 5.11 Å². The largest absolute Gasteiger partial charge is 0.480 e. The lowest BCUT2D eigenvalue weighted by Crippen LogP contribution is -2.05. The molecule has 1 rings (SSSR count). The fourth-order valence-electron chi connectivity index (χ4n) is 0.652. The van der Waals surface area contributed by atoms with Gasteiger partial charge in [0.15, 0.2) is 3.92 Å². The molecule has 0 saturated heterocycles. The zero-order chi connectivity index (χ0) is 8.27. The SMILES string of the molecule is O=C(O)C(I)c1ccccn1. The first kappa shape index (κ1) is 8.45. The Morgan fingerprint density at radius 1 is 1.64 bits per heavy atom. The van der Waals surface area contributed by atoms with Crippen molar-refractivity contribution in [3.63, 3.8) is 0 Å². The molecule has 0 aliphatic rings. The van der Waals surface area contributed by atoms with Crippen molar-refractivity contribution in [2.75, 3.05) is 0 Å². The smallest absolute Gasteiger partial charge is 0.322 e. The van der Waals surface area contributed by atoms with E-state index in [0.717, 1.165) is 0 Å². The summed E-state index contributed by atoms with van der Waals surface area (Å²) in [6.07, 6.45) is 1.59. The van der Waals surface area contributed by atoms with E-state index in [2.05, 4.69) is 4.98 Å². The average Bonchev–Trinajstić information content (AvgIpc) is 2.05. The Morgan fingerprint density at radius 3 is 2.82 bits per heavy atom. The minimum atomic E-state index is -0.857. The molecule has 1 aromatic rings. The molecule has 0 amide bonds. The molecule has 3 nitrogen and oxygen atoms in total. The van der Waals surface area contributed by atoms with Crippen LogP contribution in [0.1, 0.15) is 9.62 Å². The van der Waals surface area contributed by atoms with Gasteiger partial charge in [-0.2, -0.15) is 0 Å². The first-order valence-electron chi connectivity index (χ1n) is 2.99. The summed E-state index contributed by atoms with van der Waals surface area (Å²) >= 11 is 1.84. The number of carboxylic acids is 1. The number of aliphatic carboxylic acids is 1. The molecule has 0 aromatic carbocycles. The predicted octanol–water partition coefficient (Wildman–Crippen LogP) is 1.64. The molecular weight excluding hydrogens is 257 g/mol. The Kier molecular flexibility index (Phi) is 2.81. The summed E-state index contributed by atoms with van der Waals surface area (Å²) in [5.41, 5.74) is 0.584. The molecule has 1 unspecified atom stereocenters. The van der Waals surface area contributed by atoms with Gasteiger partial charge in [-0.15, -0.1) is 0 Å². The van der Waals surface area contributed by atoms with Crippen molar-refractivity contribution in [1.82, 2.24) is 4.98 Å². The molecule has 1 N–H and O–H groups in total. The van der Waals surface area contributed by atoms with Gasteiger partial charge in [0.05, 0.1) is 5.69 Å². The number of pyridine rings is 1. The van der Waals surface area contributed by atoms with Gasteiger partial charge in [-0.1, -0.05) is 28.7 Å². The van der Waals surface area contributed by atoms with Gasteiger partial charge < -0.3 is 5.11 Å². The molecule has 0 aliphatic heterocycles. The quantitative estimate of drug-likeness (QED) is 0.651. The second kappa shape index (κ2) is 3.66. The van der Waals surface area contributed by atoms with Crippen molar-refractivity contribution in [3.05, 3.63) is 30.1 Å². The van der Waals surface area contributed by atoms with Gasteiger partial charge >= 0.3 is 5.97 Å². The van der Waals surface area contributed by atoms with Crippen LogP contribution in [0.15, 0.2) is 24.4 Å². The van der Waals surface area contributed by atoms with Gasteiger partial charge in [-0.25, -0.2) is 0 Å². The van der Waals surface area contributed by atoms with E-state index >= 15 is 0 Å². The Hall–Kier alpha value is -0.650. The van der Waals surface area contributed by atoms with E-state index in [1.165, 1.54) is 0 Å². The van der Waals surface area contributed by atoms with Gasteiger partial charge in [0.1, 0.15) is 0 Å². The van der Waals surface area contributed by atoms with Crippen LogP contribution in [0.25, 0.3) is 0 Å². The summed E-state index contributed by atoms with van der Waals surface area (Å²) in [6, 6.07) is 5.23. The highest BCUT2D eigenvalue weighted by Gasteiger charge is 2.15. The van der Waals surface area contributed by atoms with Crippen molar-refractivity contribution in [1.29, 1.82) is 0 Å². The molecule has 0 fully saturated rings.